The number of hydrogen-bond donors (Lipinski definition) is 4. The first-order valence-electron chi connectivity index (χ1n) is 6.90. The van der Waals surface area contributed by atoms with Crippen molar-refractivity contribution in [1.29, 1.82) is 0 Å². The van der Waals surface area contributed by atoms with Crippen molar-refractivity contribution >= 4 is 21.4 Å². The molecule has 0 aliphatic rings. The summed E-state index contributed by atoms with van der Waals surface area (Å²) in [5.41, 5.74) is 7.03. The van der Waals surface area contributed by atoms with E-state index >= 15 is 0 Å². The van der Waals surface area contributed by atoms with Crippen LogP contribution in [-0.2, 0) is 10.0 Å². The van der Waals surface area contributed by atoms with Crippen molar-refractivity contribution < 1.29 is 13.5 Å². The summed E-state index contributed by atoms with van der Waals surface area (Å²) in [4.78, 5) is 0.146. The first-order chi connectivity index (χ1) is 9.72. The lowest BCUT2D eigenvalue weighted by Crippen LogP contribution is -2.24. The van der Waals surface area contributed by atoms with Gasteiger partial charge >= 0.3 is 0 Å². The molecule has 0 saturated heterocycles. The predicted molar refractivity (Wildman–Crippen MR) is 85.7 cm³/mol. The number of aliphatic hydroxyl groups excluding tert-OH is 1. The van der Waals surface area contributed by atoms with Crippen LogP contribution in [0.15, 0.2) is 23.1 Å². The number of aliphatic hydroxyl groups is 1. The average Bonchev–Trinajstić information content (AvgIpc) is 2.43. The van der Waals surface area contributed by atoms with Crippen molar-refractivity contribution in [3.8, 4) is 0 Å². The predicted octanol–water partition coefficient (Wildman–Crippen LogP) is 1.39. The maximum absolute atomic E-state index is 11.7. The zero-order valence-corrected chi connectivity index (χ0v) is 13.6. The Kier molecular flexibility index (Phi) is 6.00. The second-order valence-corrected chi connectivity index (χ2v) is 7.69. The van der Waals surface area contributed by atoms with Crippen molar-refractivity contribution in [1.82, 2.24) is 4.72 Å². The van der Waals surface area contributed by atoms with Gasteiger partial charge in [0, 0.05) is 13.2 Å². The van der Waals surface area contributed by atoms with Crippen LogP contribution in [-0.4, -0.2) is 33.7 Å². The third-order valence-corrected chi connectivity index (χ3v) is 4.78. The summed E-state index contributed by atoms with van der Waals surface area (Å²) in [6, 6.07) is 4.63. The Hall–Kier alpha value is -1.31. The van der Waals surface area contributed by atoms with Crippen LogP contribution >= 0.6 is 0 Å². The summed E-state index contributed by atoms with van der Waals surface area (Å²) in [5, 5.41) is 12.1. The summed E-state index contributed by atoms with van der Waals surface area (Å²) in [6.07, 6.45) is 1.64. The lowest BCUT2D eigenvalue weighted by molar-refractivity contribution is 0.248. The first kappa shape index (κ1) is 17.7. The molecule has 7 heteroatoms. The van der Waals surface area contributed by atoms with Crippen LogP contribution in [0.2, 0.25) is 0 Å². The number of nitrogen functional groups attached to an aromatic ring is 1. The Bertz CT molecular complexity index is 571. The van der Waals surface area contributed by atoms with Gasteiger partial charge in [-0.25, -0.2) is 13.1 Å². The standard InChI is InChI=1S/C14H25N3O3S/c1-14(2,7-4-8-18)10-17-13-6-5-11(9-12(13)15)21(19,20)16-3/h5-6,9,16-18H,4,7-8,10,15H2,1-3H3. The molecule has 1 aromatic carbocycles. The molecule has 1 aromatic rings. The topological polar surface area (TPSA) is 104 Å². The van der Waals surface area contributed by atoms with Gasteiger partial charge in [-0.05, 0) is 43.5 Å². The molecule has 0 aliphatic carbocycles. The SMILES string of the molecule is CNS(=O)(=O)c1ccc(NCC(C)(C)CCCO)c(N)c1. The fourth-order valence-electron chi connectivity index (χ4n) is 1.97. The number of anilines is 2. The van der Waals surface area contributed by atoms with Crippen LogP contribution in [0.4, 0.5) is 11.4 Å². The minimum absolute atomic E-state index is 0.0187. The Morgan fingerprint density at radius 3 is 2.52 bits per heavy atom. The van der Waals surface area contributed by atoms with E-state index < -0.39 is 10.0 Å². The number of hydrogen-bond acceptors (Lipinski definition) is 5. The highest BCUT2D eigenvalue weighted by atomic mass is 32.2. The number of nitrogens with one attached hydrogen (secondary N) is 2. The van der Waals surface area contributed by atoms with Crippen molar-refractivity contribution in [2.24, 2.45) is 5.41 Å². The molecule has 120 valence electrons. The molecule has 6 nitrogen and oxygen atoms in total. The highest BCUT2D eigenvalue weighted by molar-refractivity contribution is 7.89. The fourth-order valence-corrected chi connectivity index (χ4v) is 2.73. The van der Waals surface area contributed by atoms with E-state index in [-0.39, 0.29) is 16.9 Å². The normalized spacial score (nSPS) is 12.4. The number of sulfonamides is 1. The highest BCUT2D eigenvalue weighted by Crippen LogP contribution is 2.26. The maximum atomic E-state index is 11.7. The van der Waals surface area contributed by atoms with E-state index in [1.54, 1.807) is 6.07 Å². The first-order valence-corrected chi connectivity index (χ1v) is 8.38. The third kappa shape index (κ3) is 5.18. The van der Waals surface area contributed by atoms with Crippen LogP contribution in [0.3, 0.4) is 0 Å². The largest absolute Gasteiger partial charge is 0.397 e. The van der Waals surface area contributed by atoms with Gasteiger partial charge in [0.15, 0.2) is 0 Å². The summed E-state index contributed by atoms with van der Waals surface area (Å²) in [6.45, 7) is 5.08. The Morgan fingerprint density at radius 1 is 1.33 bits per heavy atom. The van der Waals surface area contributed by atoms with Crippen molar-refractivity contribution in [2.75, 3.05) is 31.2 Å². The van der Waals surface area contributed by atoms with Gasteiger partial charge in [-0.15, -0.1) is 0 Å². The molecule has 0 fully saturated rings. The third-order valence-electron chi connectivity index (χ3n) is 3.37. The molecule has 1 rings (SSSR count). The molecular weight excluding hydrogens is 290 g/mol. The molecule has 0 unspecified atom stereocenters. The number of nitrogens with two attached hydrogens (primary N) is 1. The van der Waals surface area contributed by atoms with Gasteiger partial charge in [-0.1, -0.05) is 13.8 Å². The monoisotopic (exact) mass is 315 g/mol. The minimum atomic E-state index is -3.48. The van der Waals surface area contributed by atoms with E-state index in [2.05, 4.69) is 23.9 Å². The lowest BCUT2D eigenvalue weighted by Gasteiger charge is -2.25. The molecule has 21 heavy (non-hydrogen) atoms. The summed E-state index contributed by atoms with van der Waals surface area (Å²) in [7, 11) is -2.12. The molecule has 0 atom stereocenters. The van der Waals surface area contributed by atoms with Gasteiger partial charge in [0.25, 0.3) is 0 Å². The van der Waals surface area contributed by atoms with Crippen LogP contribution in [0, 0.1) is 5.41 Å². The second-order valence-electron chi connectivity index (χ2n) is 5.80. The van der Waals surface area contributed by atoms with Crippen molar-refractivity contribution in [3.63, 3.8) is 0 Å². The quantitative estimate of drug-likeness (QED) is 0.543. The zero-order valence-electron chi connectivity index (χ0n) is 12.8. The summed E-state index contributed by atoms with van der Waals surface area (Å²) >= 11 is 0. The molecule has 0 spiro atoms. The van der Waals surface area contributed by atoms with Crippen molar-refractivity contribution in [3.05, 3.63) is 18.2 Å². The molecule has 5 N–H and O–H groups in total. The number of benzene rings is 1. The smallest absolute Gasteiger partial charge is 0.240 e. The molecular formula is C14H25N3O3S. The van der Waals surface area contributed by atoms with E-state index in [0.717, 1.165) is 12.8 Å². The Balaban J connectivity index is 2.78. The zero-order chi connectivity index (χ0) is 16.1. The van der Waals surface area contributed by atoms with Crippen LogP contribution < -0.4 is 15.8 Å². The number of rotatable bonds is 8. The van der Waals surface area contributed by atoms with Crippen molar-refractivity contribution in [2.45, 2.75) is 31.6 Å². The molecule has 0 aliphatic heterocycles. The molecule has 0 radical (unpaired) electrons. The lowest BCUT2D eigenvalue weighted by atomic mass is 9.88. The molecule has 0 aromatic heterocycles. The van der Waals surface area contributed by atoms with E-state index in [9.17, 15) is 8.42 Å². The van der Waals surface area contributed by atoms with E-state index in [0.29, 0.717) is 17.9 Å². The van der Waals surface area contributed by atoms with E-state index in [1.807, 2.05) is 0 Å². The van der Waals surface area contributed by atoms with Gasteiger partial charge in [0.2, 0.25) is 10.0 Å². The Morgan fingerprint density at radius 2 is 2.00 bits per heavy atom. The minimum Gasteiger partial charge on any atom is -0.397 e. The summed E-state index contributed by atoms with van der Waals surface area (Å²) < 4.78 is 25.6. The highest BCUT2D eigenvalue weighted by Gasteiger charge is 2.18. The van der Waals surface area contributed by atoms with Crippen LogP contribution in [0.1, 0.15) is 26.7 Å². The molecule has 0 amide bonds. The van der Waals surface area contributed by atoms with E-state index in [1.165, 1.54) is 19.2 Å². The van der Waals surface area contributed by atoms with Gasteiger partial charge in [-0.2, -0.15) is 0 Å². The second kappa shape index (κ2) is 7.11. The van der Waals surface area contributed by atoms with Gasteiger partial charge in [0.05, 0.1) is 16.3 Å². The van der Waals surface area contributed by atoms with Crippen LogP contribution in [0.25, 0.3) is 0 Å². The fraction of sp³-hybridized carbons (Fsp3) is 0.571. The average molecular weight is 315 g/mol. The molecule has 0 saturated carbocycles. The van der Waals surface area contributed by atoms with Gasteiger partial charge in [-0.3, -0.25) is 0 Å². The van der Waals surface area contributed by atoms with Gasteiger partial charge in [0.1, 0.15) is 0 Å². The molecule has 0 bridgehead atoms. The Labute approximate surface area is 126 Å². The van der Waals surface area contributed by atoms with E-state index in [4.69, 9.17) is 10.8 Å². The molecule has 0 heterocycles. The maximum Gasteiger partial charge on any atom is 0.240 e. The summed E-state index contributed by atoms with van der Waals surface area (Å²) in [5.74, 6) is 0. The van der Waals surface area contributed by atoms with Gasteiger partial charge < -0.3 is 16.2 Å². The van der Waals surface area contributed by atoms with Crippen LogP contribution in [0.5, 0.6) is 0 Å².